The van der Waals surface area contributed by atoms with Gasteiger partial charge in [0.1, 0.15) is 0 Å². The lowest BCUT2D eigenvalue weighted by Crippen LogP contribution is -2.43. The molecule has 1 fully saturated rings. The second-order valence-electron chi connectivity index (χ2n) is 4.89. The molecule has 1 aliphatic rings. The van der Waals surface area contributed by atoms with E-state index in [0.29, 0.717) is 17.8 Å². The van der Waals surface area contributed by atoms with Crippen LogP contribution in [0.2, 0.25) is 0 Å². The summed E-state index contributed by atoms with van der Waals surface area (Å²) >= 11 is 0. The van der Waals surface area contributed by atoms with Crippen LogP contribution in [0.4, 0.5) is 0 Å². The summed E-state index contributed by atoms with van der Waals surface area (Å²) < 4.78 is 0. The second-order valence-corrected chi connectivity index (χ2v) is 4.89. The van der Waals surface area contributed by atoms with Crippen molar-refractivity contribution in [3.8, 4) is 0 Å². The van der Waals surface area contributed by atoms with Gasteiger partial charge in [0.15, 0.2) is 0 Å². The monoisotopic (exact) mass is 170 g/mol. The number of hydrogen-bond donors (Lipinski definition) is 2. The second kappa shape index (κ2) is 2.46. The summed E-state index contributed by atoms with van der Waals surface area (Å²) in [4.78, 5) is 10.7. The van der Waals surface area contributed by atoms with Crippen molar-refractivity contribution in [1.29, 1.82) is 0 Å². The molecule has 4 N–H and O–H groups in total. The van der Waals surface area contributed by atoms with Crippen molar-refractivity contribution in [2.75, 3.05) is 0 Å². The number of primary amides is 1. The maximum atomic E-state index is 10.7. The molecule has 3 heteroatoms. The van der Waals surface area contributed by atoms with Gasteiger partial charge in [-0.3, -0.25) is 4.79 Å². The van der Waals surface area contributed by atoms with Crippen LogP contribution in [0, 0.1) is 11.3 Å². The summed E-state index contributed by atoms with van der Waals surface area (Å²) in [5.41, 5.74) is 11.0. The number of carbonyl (C=O) groups excluding carboxylic acids is 1. The lowest BCUT2D eigenvalue weighted by Gasteiger charge is -2.24. The summed E-state index contributed by atoms with van der Waals surface area (Å²) in [6, 6.07) is 0. The fraction of sp³-hybridized carbons (Fsp3) is 0.889. The van der Waals surface area contributed by atoms with Gasteiger partial charge in [-0.25, -0.2) is 0 Å². The molecule has 0 aliphatic heterocycles. The highest BCUT2D eigenvalue weighted by molar-refractivity contribution is 5.75. The Hall–Kier alpha value is -0.570. The Balaban J connectivity index is 2.56. The van der Waals surface area contributed by atoms with Crippen LogP contribution in [0.5, 0.6) is 0 Å². The molecule has 2 unspecified atom stereocenters. The Kier molecular flexibility index (Phi) is 1.95. The molecule has 0 radical (unpaired) electrons. The molecule has 0 saturated heterocycles. The molecular weight excluding hydrogens is 152 g/mol. The Labute approximate surface area is 73.5 Å². The molecule has 0 aromatic carbocycles. The number of carbonyl (C=O) groups is 1. The van der Waals surface area contributed by atoms with Gasteiger partial charge >= 0.3 is 0 Å². The molecule has 0 heterocycles. The topological polar surface area (TPSA) is 69.1 Å². The van der Waals surface area contributed by atoms with Crippen LogP contribution in [0.1, 0.15) is 33.6 Å². The van der Waals surface area contributed by atoms with Gasteiger partial charge in [-0.15, -0.1) is 0 Å². The van der Waals surface area contributed by atoms with Gasteiger partial charge in [0.2, 0.25) is 5.91 Å². The first-order valence-corrected chi connectivity index (χ1v) is 4.33. The summed E-state index contributed by atoms with van der Waals surface area (Å²) in [7, 11) is 0. The minimum atomic E-state index is -0.407. The molecule has 1 amide bonds. The summed E-state index contributed by atoms with van der Waals surface area (Å²) in [6.45, 7) is 6.25. The quantitative estimate of drug-likeness (QED) is 0.652. The van der Waals surface area contributed by atoms with Crippen LogP contribution in [-0.2, 0) is 4.79 Å². The number of nitrogens with two attached hydrogens (primary N) is 2. The van der Waals surface area contributed by atoms with Crippen LogP contribution in [0.15, 0.2) is 0 Å². The highest BCUT2D eigenvalue weighted by atomic mass is 16.1. The summed E-state index contributed by atoms with van der Waals surface area (Å²) in [5.74, 6) is 0.139. The Morgan fingerprint density at radius 1 is 1.67 bits per heavy atom. The van der Waals surface area contributed by atoms with E-state index in [9.17, 15) is 4.79 Å². The maximum Gasteiger partial charge on any atom is 0.219 e. The smallest absolute Gasteiger partial charge is 0.219 e. The SMILES string of the molecule is CC1(C)CC1C(C)(N)CC(N)=O. The largest absolute Gasteiger partial charge is 0.370 e. The predicted octanol–water partition coefficient (Wildman–Crippen LogP) is 0.625. The van der Waals surface area contributed by atoms with Gasteiger partial charge in [0, 0.05) is 12.0 Å². The van der Waals surface area contributed by atoms with Gasteiger partial charge in [0.05, 0.1) is 0 Å². The van der Waals surface area contributed by atoms with Gasteiger partial charge < -0.3 is 11.5 Å². The highest BCUT2D eigenvalue weighted by Crippen LogP contribution is 2.57. The van der Waals surface area contributed by atoms with Crippen LogP contribution < -0.4 is 11.5 Å². The van der Waals surface area contributed by atoms with E-state index in [1.165, 1.54) is 0 Å². The van der Waals surface area contributed by atoms with Crippen molar-refractivity contribution in [3.05, 3.63) is 0 Å². The molecule has 1 saturated carbocycles. The Bertz CT molecular complexity index is 209. The summed E-state index contributed by atoms with van der Waals surface area (Å²) in [5, 5.41) is 0. The van der Waals surface area contributed by atoms with Crippen molar-refractivity contribution in [3.63, 3.8) is 0 Å². The third-order valence-electron chi connectivity index (χ3n) is 2.86. The molecule has 0 bridgehead atoms. The van der Waals surface area contributed by atoms with Crippen molar-refractivity contribution < 1.29 is 4.79 Å². The number of hydrogen-bond acceptors (Lipinski definition) is 2. The minimum absolute atomic E-state index is 0.293. The number of amides is 1. The van der Waals surface area contributed by atoms with E-state index in [4.69, 9.17) is 11.5 Å². The molecule has 0 spiro atoms. The fourth-order valence-electron chi connectivity index (χ4n) is 2.09. The average molecular weight is 170 g/mol. The normalized spacial score (nSPS) is 30.8. The van der Waals surface area contributed by atoms with Crippen molar-refractivity contribution in [1.82, 2.24) is 0 Å². The standard InChI is InChI=1S/C9H18N2O/c1-8(2)4-6(8)9(3,11)5-7(10)12/h6H,4-5,11H2,1-3H3,(H2,10,12). The molecule has 1 rings (SSSR count). The molecule has 2 atom stereocenters. The molecule has 12 heavy (non-hydrogen) atoms. The molecule has 0 aromatic heterocycles. The van der Waals surface area contributed by atoms with Crippen molar-refractivity contribution in [2.24, 2.45) is 22.8 Å². The Morgan fingerprint density at radius 2 is 2.08 bits per heavy atom. The number of rotatable bonds is 3. The van der Waals surface area contributed by atoms with E-state index in [1.54, 1.807) is 0 Å². The van der Waals surface area contributed by atoms with Gasteiger partial charge in [0.25, 0.3) is 0 Å². The van der Waals surface area contributed by atoms with Gasteiger partial charge in [-0.05, 0) is 24.7 Å². The third kappa shape index (κ3) is 1.78. The summed E-state index contributed by atoms with van der Waals surface area (Å²) in [6.07, 6.45) is 1.40. The first kappa shape index (κ1) is 9.52. The molecule has 3 nitrogen and oxygen atoms in total. The van der Waals surface area contributed by atoms with E-state index >= 15 is 0 Å². The van der Waals surface area contributed by atoms with Crippen LogP contribution >= 0.6 is 0 Å². The Morgan fingerprint density at radius 3 is 2.33 bits per heavy atom. The van der Waals surface area contributed by atoms with Gasteiger partial charge in [-0.2, -0.15) is 0 Å². The van der Waals surface area contributed by atoms with E-state index in [2.05, 4.69) is 13.8 Å². The maximum absolute atomic E-state index is 10.7. The molecular formula is C9H18N2O. The van der Waals surface area contributed by atoms with Crippen LogP contribution in [0.3, 0.4) is 0 Å². The van der Waals surface area contributed by atoms with Crippen molar-refractivity contribution >= 4 is 5.91 Å². The zero-order chi connectivity index (χ0) is 9.57. The lowest BCUT2D eigenvalue weighted by molar-refractivity contribution is -0.119. The van der Waals surface area contributed by atoms with E-state index < -0.39 is 5.54 Å². The molecule has 0 aromatic rings. The van der Waals surface area contributed by atoms with E-state index in [0.717, 1.165) is 6.42 Å². The van der Waals surface area contributed by atoms with E-state index in [-0.39, 0.29) is 5.91 Å². The van der Waals surface area contributed by atoms with Crippen LogP contribution in [-0.4, -0.2) is 11.4 Å². The molecule has 1 aliphatic carbocycles. The zero-order valence-electron chi connectivity index (χ0n) is 8.05. The van der Waals surface area contributed by atoms with Crippen molar-refractivity contribution in [2.45, 2.75) is 39.2 Å². The van der Waals surface area contributed by atoms with Gasteiger partial charge in [-0.1, -0.05) is 13.8 Å². The fourth-order valence-corrected chi connectivity index (χ4v) is 2.09. The zero-order valence-corrected chi connectivity index (χ0v) is 8.05. The predicted molar refractivity (Wildman–Crippen MR) is 48.3 cm³/mol. The minimum Gasteiger partial charge on any atom is -0.370 e. The van der Waals surface area contributed by atoms with Crippen LogP contribution in [0.25, 0.3) is 0 Å². The third-order valence-corrected chi connectivity index (χ3v) is 2.86. The molecule has 70 valence electrons. The van der Waals surface area contributed by atoms with E-state index in [1.807, 2.05) is 6.92 Å². The average Bonchev–Trinajstić information content (AvgIpc) is 2.36. The highest BCUT2D eigenvalue weighted by Gasteiger charge is 2.54. The first-order chi connectivity index (χ1) is 5.26. The first-order valence-electron chi connectivity index (χ1n) is 4.33. The lowest BCUT2D eigenvalue weighted by atomic mass is 9.88.